The molecule has 0 aliphatic carbocycles. The summed E-state index contributed by atoms with van der Waals surface area (Å²) in [5.41, 5.74) is 1.32. The molecule has 0 bridgehead atoms. The van der Waals surface area contributed by atoms with Crippen molar-refractivity contribution in [2.75, 3.05) is 38.2 Å². The van der Waals surface area contributed by atoms with Crippen molar-refractivity contribution in [1.82, 2.24) is 10.2 Å². The maximum absolute atomic E-state index is 11.6. The molecule has 0 aliphatic rings. The summed E-state index contributed by atoms with van der Waals surface area (Å²) < 4.78 is 24.6. The van der Waals surface area contributed by atoms with E-state index in [1.54, 1.807) is 30.3 Å². The smallest absolute Gasteiger partial charge is 0.243 e. The predicted octanol–water partition coefficient (Wildman–Crippen LogP) is 1.14. The molecule has 0 unspecified atom stereocenters. The Morgan fingerprint density at radius 3 is 2.41 bits per heavy atom. The highest BCUT2D eigenvalue weighted by Gasteiger charge is 2.01. The zero-order chi connectivity index (χ0) is 16.6. The summed E-state index contributed by atoms with van der Waals surface area (Å²) in [7, 11) is 0.710. The van der Waals surface area contributed by atoms with E-state index in [9.17, 15) is 13.2 Å². The summed E-state index contributed by atoms with van der Waals surface area (Å²) in [5, 5.41) is 2.81. The summed E-state index contributed by atoms with van der Waals surface area (Å²) >= 11 is 0. The number of hydrogen-bond donors (Lipinski definition) is 2. The molecule has 122 valence electrons. The lowest BCUT2D eigenvalue weighted by molar-refractivity contribution is -0.116. The summed E-state index contributed by atoms with van der Waals surface area (Å²) in [4.78, 5) is 13.7. The van der Waals surface area contributed by atoms with Crippen molar-refractivity contribution in [3.05, 3.63) is 35.9 Å². The van der Waals surface area contributed by atoms with Crippen molar-refractivity contribution in [3.63, 3.8) is 0 Å². The molecule has 22 heavy (non-hydrogen) atoms. The van der Waals surface area contributed by atoms with E-state index < -0.39 is 10.0 Å². The second-order valence-electron chi connectivity index (χ2n) is 5.28. The summed E-state index contributed by atoms with van der Waals surface area (Å²) in [6, 6.07) is 6.78. The predicted molar refractivity (Wildman–Crippen MR) is 90.1 cm³/mol. The Morgan fingerprint density at radius 1 is 1.23 bits per heavy atom. The number of nitrogens with zero attached hydrogens (tertiary/aromatic N) is 1. The quantitative estimate of drug-likeness (QED) is 0.555. The van der Waals surface area contributed by atoms with Crippen LogP contribution in [0.2, 0.25) is 0 Å². The van der Waals surface area contributed by atoms with E-state index in [2.05, 4.69) is 14.9 Å². The van der Waals surface area contributed by atoms with Gasteiger partial charge in [0.2, 0.25) is 15.9 Å². The third-order valence-corrected chi connectivity index (χ3v) is 3.33. The van der Waals surface area contributed by atoms with Gasteiger partial charge in [0.15, 0.2) is 0 Å². The number of carbonyl (C=O) groups excluding carboxylic acids is 1. The van der Waals surface area contributed by atoms with Crippen molar-refractivity contribution < 1.29 is 13.2 Å². The molecule has 0 saturated heterocycles. The zero-order valence-electron chi connectivity index (χ0n) is 13.2. The molecule has 0 aromatic heterocycles. The number of amides is 1. The SMILES string of the molecule is CN(C)CCCNC(=O)/C=C/c1ccc(NS(C)(=O)=O)cc1. The molecule has 7 heteroatoms. The highest BCUT2D eigenvalue weighted by atomic mass is 32.2. The average molecular weight is 325 g/mol. The Balaban J connectivity index is 2.44. The normalized spacial score (nSPS) is 11.8. The highest BCUT2D eigenvalue weighted by molar-refractivity contribution is 7.92. The standard InChI is InChI=1S/C15H23N3O3S/c1-18(2)12-4-11-16-15(19)10-7-13-5-8-14(9-6-13)17-22(3,20)21/h5-10,17H,4,11-12H2,1-3H3,(H,16,19)/b10-7+. The fraction of sp³-hybridized carbons (Fsp3) is 0.400. The van der Waals surface area contributed by atoms with Gasteiger partial charge in [-0.1, -0.05) is 12.1 Å². The first-order chi connectivity index (χ1) is 10.3. The van der Waals surface area contributed by atoms with E-state index in [4.69, 9.17) is 0 Å². The first kappa shape index (κ1) is 18.2. The maximum atomic E-state index is 11.6. The molecule has 0 fully saturated rings. The van der Waals surface area contributed by atoms with Crippen molar-refractivity contribution >= 4 is 27.7 Å². The lowest BCUT2D eigenvalue weighted by Crippen LogP contribution is -2.25. The Labute approximate surface area is 132 Å². The minimum absolute atomic E-state index is 0.142. The third-order valence-electron chi connectivity index (χ3n) is 2.72. The van der Waals surface area contributed by atoms with Crippen LogP contribution in [0.3, 0.4) is 0 Å². The van der Waals surface area contributed by atoms with Crippen LogP contribution in [-0.4, -0.2) is 52.7 Å². The molecule has 1 amide bonds. The van der Waals surface area contributed by atoms with Crippen LogP contribution >= 0.6 is 0 Å². The number of hydrogen-bond acceptors (Lipinski definition) is 4. The second kappa shape index (κ2) is 8.55. The number of benzene rings is 1. The lowest BCUT2D eigenvalue weighted by Gasteiger charge is -2.08. The van der Waals surface area contributed by atoms with Gasteiger partial charge in [-0.15, -0.1) is 0 Å². The molecule has 2 N–H and O–H groups in total. The molecule has 0 heterocycles. The van der Waals surface area contributed by atoms with Gasteiger partial charge in [0, 0.05) is 18.3 Å². The molecule has 0 saturated carbocycles. The average Bonchev–Trinajstić information content (AvgIpc) is 2.41. The van der Waals surface area contributed by atoms with E-state index in [0.717, 1.165) is 24.8 Å². The Hall–Kier alpha value is -1.86. The first-order valence-electron chi connectivity index (χ1n) is 6.95. The van der Waals surface area contributed by atoms with E-state index in [1.807, 2.05) is 14.1 Å². The number of nitrogens with one attached hydrogen (secondary N) is 2. The van der Waals surface area contributed by atoms with E-state index in [-0.39, 0.29) is 5.91 Å². The summed E-state index contributed by atoms with van der Waals surface area (Å²) in [6.45, 7) is 1.57. The summed E-state index contributed by atoms with van der Waals surface area (Å²) in [6.07, 6.45) is 5.15. The Morgan fingerprint density at radius 2 is 1.86 bits per heavy atom. The van der Waals surface area contributed by atoms with Gasteiger partial charge in [-0.05, 0) is 50.8 Å². The van der Waals surface area contributed by atoms with Gasteiger partial charge in [-0.2, -0.15) is 0 Å². The zero-order valence-corrected chi connectivity index (χ0v) is 14.0. The minimum Gasteiger partial charge on any atom is -0.353 e. The third kappa shape index (κ3) is 8.43. The van der Waals surface area contributed by atoms with Gasteiger partial charge in [0.1, 0.15) is 0 Å². The van der Waals surface area contributed by atoms with Gasteiger partial charge < -0.3 is 10.2 Å². The Bertz CT molecular complexity index is 607. The first-order valence-corrected chi connectivity index (χ1v) is 8.84. The summed E-state index contributed by atoms with van der Waals surface area (Å²) in [5.74, 6) is -0.142. The van der Waals surface area contributed by atoms with Crippen LogP contribution in [0, 0.1) is 0 Å². The van der Waals surface area contributed by atoms with E-state index >= 15 is 0 Å². The largest absolute Gasteiger partial charge is 0.353 e. The number of rotatable bonds is 8. The van der Waals surface area contributed by atoms with Gasteiger partial charge in [0.05, 0.1) is 6.26 Å². The van der Waals surface area contributed by atoms with Gasteiger partial charge >= 0.3 is 0 Å². The molecular formula is C15H23N3O3S. The molecule has 6 nitrogen and oxygen atoms in total. The maximum Gasteiger partial charge on any atom is 0.243 e. The number of sulfonamides is 1. The minimum atomic E-state index is -3.27. The van der Waals surface area contributed by atoms with E-state index in [1.165, 1.54) is 6.08 Å². The molecule has 0 aliphatic heterocycles. The van der Waals surface area contributed by atoms with Crippen molar-refractivity contribution in [1.29, 1.82) is 0 Å². The van der Waals surface area contributed by atoms with E-state index in [0.29, 0.717) is 12.2 Å². The number of carbonyl (C=O) groups is 1. The van der Waals surface area contributed by atoms with Crippen LogP contribution in [0.4, 0.5) is 5.69 Å². The monoisotopic (exact) mass is 325 g/mol. The molecule has 1 aromatic rings. The molecule has 1 aromatic carbocycles. The molecule has 0 atom stereocenters. The fourth-order valence-electron chi connectivity index (χ4n) is 1.71. The molecular weight excluding hydrogens is 302 g/mol. The van der Waals surface area contributed by atoms with Gasteiger partial charge in [-0.25, -0.2) is 8.42 Å². The van der Waals surface area contributed by atoms with Crippen LogP contribution in [-0.2, 0) is 14.8 Å². The van der Waals surface area contributed by atoms with Crippen LogP contribution in [0.1, 0.15) is 12.0 Å². The van der Waals surface area contributed by atoms with Crippen LogP contribution < -0.4 is 10.0 Å². The van der Waals surface area contributed by atoms with Crippen molar-refractivity contribution in [2.45, 2.75) is 6.42 Å². The second-order valence-corrected chi connectivity index (χ2v) is 7.03. The molecule has 0 spiro atoms. The van der Waals surface area contributed by atoms with Crippen molar-refractivity contribution in [3.8, 4) is 0 Å². The van der Waals surface area contributed by atoms with Crippen LogP contribution in [0.25, 0.3) is 6.08 Å². The van der Waals surface area contributed by atoms with Crippen LogP contribution in [0.5, 0.6) is 0 Å². The van der Waals surface area contributed by atoms with Crippen molar-refractivity contribution in [2.24, 2.45) is 0 Å². The highest BCUT2D eigenvalue weighted by Crippen LogP contribution is 2.11. The van der Waals surface area contributed by atoms with Gasteiger partial charge in [-0.3, -0.25) is 9.52 Å². The fourth-order valence-corrected chi connectivity index (χ4v) is 2.28. The lowest BCUT2D eigenvalue weighted by atomic mass is 10.2. The molecule has 1 rings (SSSR count). The Kier molecular flexibility index (Phi) is 7.07. The topological polar surface area (TPSA) is 78.5 Å². The van der Waals surface area contributed by atoms with Gasteiger partial charge in [0.25, 0.3) is 0 Å². The molecule has 0 radical (unpaired) electrons. The number of anilines is 1. The van der Waals surface area contributed by atoms with Crippen LogP contribution in [0.15, 0.2) is 30.3 Å².